The molecule has 0 aromatic rings. The minimum absolute atomic E-state index is 0.516. The molecule has 2 N–H and O–H groups in total. The predicted molar refractivity (Wildman–Crippen MR) is 51.6 cm³/mol. The number of hydrogen-bond donors (Lipinski definition) is 2. The van der Waals surface area contributed by atoms with E-state index in [2.05, 4.69) is 0 Å². The van der Waals surface area contributed by atoms with Gasteiger partial charge in [0, 0.05) is 0 Å². The lowest BCUT2D eigenvalue weighted by Crippen LogP contribution is -2.30. The van der Waals surface area contributed by atoms with Crippen molar-refractivity contribution in [3.8, 4) is 0 Å². The Morgan fingerprint density at radius 2 is 1.69 bits per heavy atom. The van der Waals surface area contributed by atoms with Gasteiger partial charge in [-0.15, -0.1) is 0 Å². The lowest BCUT2D eigenvalue weighted by molar-refractivity contribution is -0.149. The van der Waals surface area contributed by atoms with Gasteiger partial charge in [0.15, 0.2) is 0 Å². The van der Waals surface area contributed by atoms with E-state index in [0.717, 1.165) is 0 Å². The molecule has 0 heterocycles. The van der Waals surface area contributed by atoms with Crippen LogP contribution in [0.1, 0.15) is 47.0 Å². The zero-order valence-electron chi connectivity index (χ0n) is 8.92. The maximum Gasteiger partial charge on any atom is 0.309 e. The van der Waals surface area contributed by atoms with Crippen LogP contribution in [0.5, 0.6) is 0 Å². The summed E-state index contributed by atoms with van der Waals surface area (Å²) in [5, 5.41) is 18.4. The Labute approximate surface area is 79.8 Å². The van der Waals surface area contributed by atoms with Crippen LogP contribution in [0, 0.1) is 5.41 Å². The molecule has 0 aliphatic carbocycles. The summed E-state index contributed by atoms with van der Waals surface area (Å²) in [6.45, 7) is 6.98. The largest absolute Gasteiger partial charge is 0.481 e. The second-order valence-electron chi connectivity index (χ2n) is 4.53. The maximum absolute atomic E-state index is 10.9. The Hall–Kier alpha value is -0.570. The summed E-state index contributed by atoms with van der Waals surface area (Å²) in [5.41, 5.74) is -1.47. The summed E-state index contributed by atoms with van der Waals surface area (Å²) in [6.07, 6.45) is 1.63. The minimum atomic E-state index is -0.778. The van der Waals surface area contributed by atoms with Crippen molar-refractivity contribution >= 4 is 5.97 Å². The highest BCUT2D eigenvalue weighted by Gasteiger charge is 2.32. The molecule has 1 atom stereocenters. The van der Waals surface area contributed by atoms with Crippen molar-refractivity contribution in [2.24, 2.45) is 5.41 Å². The van der Waals surface area contributed by atoms with Crippen molar-refractivity contribution in [3.63, 3.8) is 0 Å². The molecule has 0 bridgehead atoms. The second kappa shape index (κ2) is 4.09. The molecule has 78 valence electrons. The van der Waals surface area contributed by atoms with Gasteiger partial charge < -0.3 is 10.2 Å². The zero-order valence-corrected chi connectivity index (χ0v) is 8.92. The van der Waals surface area contributed by atoms with Crippen molar-refractivity contribution in [2.45, 2.75) is 52.6 Å². The summed E-state index contributed by atoms with van der Waals surface area (Å²) in [4.78, 5) is 10.9. The van der Waals surface area contributed by atoms with E-state index in [0.29, 0.717) is 19.3 Å². The van der Waals surface area contributed by atoms with Gasteiger partial charge in [-0.3, -0.25) is 4.79 Å². The van der Waals surface area contributed by atoms with Crippen molar-refractivity contribution in [3.05, 3.63) is 0 Å². The van der Waals surface area contributed by atoms with Gasteiger partial charge in [-0.05, 0) is 40.0 Å². The number of hydrogen-bond acceptors (Lipinski definition) is 2. The lowest BCUT2D eigenvalue weighted by atomic mass is 9.80. The van der Waals surface area contributed by atoms with Gasteiger partial charge in [0.2, 0.25) is 0 Å². The van der Waals surface area contributed by atoms with Gasteiger partial charge in [-0.25, -0.2) is 0 Å². The zero-order chi connectivity index (χ0) is 10.7. The first-order valence-electron chi connectivity index (χ1n) is 4.67. The van der Waals surface area contributed by atoms with Crippen LogP contribution in [-0.2, 0) is 4.79 Å². The fourth-order valence-corrected chi connectivity index (χ4v) is 1.02. The highest BCUT2D eigenvalue weighted by molar-refractivity contribution is 5.73. The van der Waals surface area contributed by atoms with Crippen molar-refractivity contribution in [2.75, 3.05) is 0 Å². The van der Waals surface area contributed by atoms with Crippen LogP contribution in [0.3, 0.4) is 0 Å². The summed E-state index contributed by atoms with van der Waals surface area (Å²) in [7, 11) is 0. The standard InChI is InChI=1S/C10H20O3/c1-5-10(4,8(11)12)7-6-9(2,3)13/h13H,5-7H2,1-4H3,(H,11,12). The van der Waals surface area contributed by atoms with E-state index in [9.17, 15) is 9.90 Å². The van der Waals surface area contributed by atoms with Crippen LogP contribution in [0.15, 0.2) is 0 Å². The van der Waals surface area contributed by atoms with Gasteiger partial charge in [0.25, 0.3) is 0 Å². The first kappa shape index (κ1) is 12.4. The Morgan fingerprint density at radius 3 is 1.92 bits per heavy atom. The molecule has 3 nitrogen and oxygen atoms in total. The monoisotopic (exact) mass is 188 g/mol. The number of carboxylic acid groups (broad SMARTS) is 1. The fraction of sp³-hybridized carbons (Fsp3) is 0.900. The maximum atomic E-state index is 10.9. The Balaban J connectivity index is 4.22. The SMILES string of the molecule is CCC(C)(CCC(C)(C)O)C(=O)O. The van der Waals surface area contributed by atoms with E-state index in [4.69, 9.17) is 5.11 Å². The molecule has 0 aliphatic rings. The lowest BCUT2D eigenvalue weighted by Gasteiger charge is -2.26. The topological polar surface area (TPSA) is 57.5 Å². The number of carbonyl (C=O) groups is 1. The number of aliphatic hydroxyl groups is 1. The van der Waals surface area contributed by atoms with Crippen LogP contribution in [0.25, 0.3) is 0 Å². The molecule has 1 unspecified atom stereocenters. The molecule has 0 fully saturated rings. The molecule has 0 aliphatic heterocycles. The van der Waals surface area contributed by atoms with Gasteiger partial charge in [0.1, 0.15) is 0 Å². The van der Waals surface area contributed by atoms with Gasteiger partial charge >= 0.3 is 5.97 Å². The summed E-state index contributed by atoms with van der Waals surface area (Å²) in [5.74, 6) is -0.778. The fourth-order valence-electron chi connectivity index (χ4n) is 1.02. The van der Waals surface area contributed by atoms with Gasteiger partial charge in [-0.1, -0.05) is 6.92 Å². The van der Waals surface area contributed by atoms with Gasteiger partial charge in [-0.2, -0.15) is 0 Å². The molecule has 0 saturated heterocycles. The van der Waals surface area contributed by atoms with Crippen molar-refractivity contribution in [1.29, 1.82) is 0 Å². The molecule has 0 amide bonds. The van der Waals surface area contributed by atoms with Crippen molar-refractivity contribution < 1.29 is 15.0 Å². The van der Waals surface area contributed by atoms with E-state index in [-0.39, 0.29) is 0 Å². The Bertz CT molecular complexity index is 181. The van der Waals surface area contributed by atoms with E-state index < -0.39 is 17.0 Å². The molecular weight excluding hydrogens is 168 g/mol. The molecule has 0 aromatic heterocycles. The third kappa shape index (κ3) is 4.27. The highest BCUT2D eigenvalue weighted by atomic mass is 16.4. The molecule has 0 radical (unpaired) electrons. The van der Waals surface area contributed by atoms with Crippen LogP contribution in [0.4, 0.5) is 0 Å². The highest BCUT2D eigenvalue weighted by Crippen LogP contribution is 2.30. The summed E-state index contributed by atoms with van der Waals surface area (Å²) in [6, 6.07) is 0. The summed E-state index contributed by atoms with van der Waals surface area (Å²) >= 11 is 0. The normalized spacial score (nSPS) is 16.7. The van der Waals surface area contributed by atoms with E-state index in [1.54, 1.807) is 20.8 Å². The van der Waals surface area contributed by atoms with E-state index >= 15 is 0 Å². The number of carboxylic acids is 1. The Morgan fingerprint density at radius 1 is 1.23 bits per heavy atom. The van der Waals surface area contributed by atoms with Crippen LogP contribution in [0.2, 0.25) is 0 Å². The number of rotatable bonds is 5. The van der Waals surface area contributed by atoms with Crippen LogP contribution >= 0.6 is 0 Å². The minimum Gasteiger partial charge on any atom is -0.481 e. The van der Waals surface area contributed by atoms with Gasteiger partial charge in [0.05, 0.1) is 11.0 Å². The van der Waals surface area contributed by atoms with Crippen LogP contribution < -0.4 is 0 Å². The third-order valence-corrected chi connectivity index (χ3v) is 2.59. The molecular formula is C10H20O3. The van der Waals surface area contributed by atoms with E-state index in [1.165, 1.54) is 0 Å². The summed E-state index contributed by atoms with van der Waals surface area (Å²) < 4.78 is 0. The average molecular weight is 188 g/mol. The smallest absolute Gasteiger partial charge is 0.309 e. The Kier molecular flexibility index (Phi) is 3.91. The molecule has 0 aromatic carbocycles. The third-order valence-electron chi connectivity index (χ3n) is 2.59. The van der Waals surface area contributed by atoms with E-state index in [1.807, 2.05) is 6.92 Å². The molecule has 0 saturated carbocycles. The number of aliphatic carboxylic acids is 1. The average Bonchev–Trinajstić information content (AvgIpc) is 1.98. The first-order chi connectivity index (χ1) is 5.71. The second-order valence-corrected chi connectivity index (χ2v) is 4.53. The molecule has 0 spiro atoms. The molecule has 3 heteroatoms. The first-order valence-corrected chi connectivity index (χ1v) is 4.67. The molecule has 13 heavy (non-hydrogen) atoms. The molecule has 0 rings (SSSR count). The van der Waals surface area contributed by atoms with Crippen molar-refractivity contribution in [1.82, 2.24) is 0 Å². The van der Waals surface area contributed by atoms with Crippen LogP contribution in [-0.4, -0.2) is 21.8 Å². The predicted octanol–water partition coefficient (Wildman–Crippen LogP) is 2.04. The quantitative estimate of drug-likeness (QED) is 0.694.